The third-order valence-electron chi connectivity index (χ3n) is 4.14. The van der Waals surface area contributed by atoms with Crippen LogP contribution < -0.4 is 5.56 Å². The quantitative estimate of drug-likeness (QED) is 0.431. The van der Waals surface area contributed by atoms with Gasteiger partial charge in [0, 0.05) is 13.0 Å². The van der Waals surface area contributed by atoms with Crippen LogP contribution in [-0.4, -0.2) is 19.7 Å². The van der Waals surface area contributed by atoms with Gasteiger partial charge in [-0.05, 0) is 31.9 Å². The zero-order valence-corrected chi connectivity index (χ0v) is 16.3. The number of aromatic nitrogens is 4. The number of para-hydroxylation sites is 1. The summed E-state index contributed by atoms with van der Waals surface area (Å²) in [5, 5.41) is 5.32. The number of fused-ring (bicyclic) bond motifs is 1. The normalized spacial score (nSPS) is 12.6. The standard InChI is InChI=1S/C19H24N4O2S/c1-4-6-11-16-21-17(25-22-16)13(3)26-19-20-15-10-8-7-9-14(15)18(24)23(19)12-5-2/h7-10,13H,4-6,11-12H2,1-3H3. The molecule has 0 aliphatic carbocycles. The number of unbranched alkanes of at least 4 members (excludes halogenated alkanes) is 1. The molecule has 3 rings (SSSR count). The van der Waals surface area contributed by atoms with Gasteiger partial charge in [-0.25, -0.2) is 4.98 Å². The van der Waals surface area contributed by atoms with Gasteiger partial charge in [0.2, 0.25) is 5.89 Å². The molecule has 2 aromatic heterocycles. The van der Waals surface area contributed by atoms with E-state index >= 15 is 0 Å². The number of aryl methyl sites for hydroxylation is 1. The van der Waals surface area contributed by atoms with Crippen LogP contribution in [0.25, 0.3) is 10.9 Å². The maximum atomic E-state index is 12.8. The molecule has 26 heavy (non-hydrogen) atoms. The first-order valence-corrected chi connectivity index (χ1v) is 10.0. The van der Waals surface area contributed by atoms with Crippen LogP contribution in [0, 0.1) is 0 Å². The Morgan fingerprint density at radius 1 is 1.19 bits per heavy atom. The van der Waals surface area contributed by atoms with E-state index in [4.69, 9.17) is 9.51 Å². The Labute approximate surface area is 157 Å². The summed E-state index contributed by atoms with van der Waals surface area (Å²) in [4.78, 5) is 22.0. The molecule has 0 bridgehead atoms. The molecule has 1 atom stereocenters. The van der Waals surface area contributed by atoms with Gasteiger partial charge in [0.25, 0.3) is 5.56 Å². The summed E-state index contributed by atoms with van der Waals surface area (Å²) in [7, 11) is 0. The molecule has 6 nitrogen and oxygen atoms in total. The predicted molar refractivity (Wildman–Crippen MR) is 103 cm³/mol. The highest BCUT2D eigenvalue weighted by molar-refractivity contribution is 7.99. The SMILES string of the molecule is CCCCc1noc(C(C)Sc2nc3ccccc3c(=O)n2CCC)n1. The maximum absolute atomic E-state index is 12.8. The van der Waals surface area contributed by atoms with E-state index in [-0.39, 0.29) is 10.8 Å². The lowest BCUT2D eigenvalue weighted by molar-refractivity contribution is 0.374. The van der Waals surface area contributed by atoms with Gasteiger partial charge in [0.1, 0.15) is 0 Å². The Bertz CT molecular complexity index is 935. The molecule has 1 aromatic carbocycles. The van der Waals surface area contributed by atoms with Crippen LogP contribution in [0.3, 0.4) is 0 Å². The van der Waals surface area contributed by atoms with Crippen molar-refractivity contribution in [1.82, 2.24) is 19.7 Å². The summed E-state index contributed by atoms with van der Waals surface area (Å²) in [6, 6.07) is 7.46. The Balaban J connectivity index is 1.90. The fourth-order valence-corrected chi connectivity index (χ4v) is 3.70. The molecule has 138 valence electrons. The van der Waals surface area contributed by atoms with E-state index in [1.807, 2.05) is 31.2 Å². The van der Waals surface area contributed by atoms with E-state index in [1.165, 1.54) is 11.8 Å². The molecule has 0 saturated heterocycles. The van der Waals surface area contributed by atoms with Crippen LogP contribution >= 0.6 is 11.8 Å². The fraction of sp³-hybridized carbons (Fsp3) is 0.474. The van der Waals surface area contributed by atoms with E-state index in [0.29, 0.717) is 28.5 Å². The molecule has 0 radical (unpaired) electrons. The summed E-state index contributed by atoms with van der Waals surface area (Å²) in [5.41, 5.74) is 0.718. The van der Waals surface area contributed by atoms with E-state index in [2.05, 4.69) is 24.0 Å². The van der Waals surface area contributed by atoms with Gasteiger partial charge in [-0.1, -0.05) is 49.3 Å². The lowest BCUT2D eigenvalue weighted by Gasteiger charge is -2.14. The minimum absolute atomic E-state index is 0.00122. The van der Waals surface area contributed by atoms with Gasteiger partial charge in [0.15, 0.2) is 11.0 Å². The molecule has 1 unspecified atom stereocenters. The topological polar surface area (TPSA) is 73.8 Å². The van der Waals surface area contributed by atoms with Crippen molar-refractivity contribution in [3.05, 3.63) is 46.3 Å². The summed E-state index contributed by atoms with van der Waals surface area (Å²) in [6.07, 6.45) is 3.83. The first-order chi connectivity index (χ1) is 12.6. The smallest absolute Gasteiger partial charge is 0.262 e. The molecular weight excluding hydrogens is 348 g/mol. The minimum atomic E-state index is -0.0750. The highest BCUT2D eigenvalue weighted by Crippen LogP contribution is 2.33. The van der Waals surface area contributed by atoms with Gasteiger partial charge in [-0.3, -0.25) is 9.36 Å². The summed E-state index contributed by atoms with van der Waals surface area (Å²) >= 11 is 1.49. The molecule has 0 aliphatic rings. The van der Waals surface area contributed by atoms with E-state index in [0.717, 1.165) is 31.5 Å². The molecule has 7 heteroatoms. The zero-order chi connectivity index (χ0) is 18.5. The maximum Gasteiger partial charge on any atom is 0.262 e. The number of hydrogen-bond acceptors (Lipinski definition) is 6. The number of benzene rings is 1. The minimum Gasteiger partial charge on any atom is -0.338 e. The van der Waals surface area contributed by atoms with E-state index in [9.17, 15) is 4.79 Å². The predicted octanol–water partition coefficient (Wildman–Crippen LogP) is 4.39. The van der Waals surface area contributed by atoms with Crippen molar-refractivity contribution in [2.45, 2.75) is 63.4 Å². The Hall–Kier alpha value is -2.15. The van der Waals surface area contributed by atoms with Crippen molar-refractivity contribution in [2.75, 3.05) is 0 Å². The molecule has 0 spiro atoms. The zero-order valence-electron chi connectivity index (χ0n) is 15.4. The molecule has 0 saturated carbocycles. The Kier molecular flexibility index (Phi) is 6.08. The molecule has 0 N–H and O–H groups in total. The fourth-order valence-electron chi connectivity index (χ4n) is 2.74. The van der Waals surface area contributed by atoms with E-state index < -0.39 is 0 Å². The number of rotatable bonds is 8. The molecular formula is C19H24N4O2S. The number of thioether (sulfide) groups is 1. The van der Waals surface area contributed by atoms with Crippen molar-refractivity contribution < 1.29 is 4.52 Å². The van der Waals surface area contributed by atoms with Crippen LogP contribution in [0.5, 0.6) is 0 Å². The van der Waals surface area contributed by atoms with Gasteiger partial charge >= 0.3 is 0 Å². The average Bonchev–Trinajstić information content (AvgIpc) is 3.12. The van der Waals surface area contributed by atoms with Gasteiger partial charge in [0.05, 0.1) is 16.2 Å². The highest BCUT2D eigenvalue weighted by Gasteiger charge is 2.19. The van der Waals surface area contributed by atoms with Gasteiger partial charge in [-0.15, -0.1) is 0 Å². The van der Waals surface area contributed by atoms with Crippen LogP contribution in [0.15, 0.2) is 38.7 Å². The van der Waals surface area contributed by atoms with Gasteiger partial charge in [-0.2, -0.15) is 4.98 Å². The Morgan fingerprint density at radius 2 is 2.00 bits per heavy atom. The van der Waals surface area contributed by atoms with Crippen molar-refractivity contribution in [3.8, 4) is 0 Å². The van der Waals surface area contributed by atoms with Crippen LogP contribution in [-0.2, 0) is 13.0 Å². The van der Waals surface area contributed by atoms with Crippen LogP contribution in [0.1, 0.15) is 57.0 Å². The molecule has 0 amide bonds. The average molecular weight is 372 g/mol. The monoisotopic (exact) mass is 372 g/mol. The second-order valence-electron chi connectivity index (χ2n) is 6.28. The third kappa shape index (κ3) is 3.98. The van der Waals surface area contributed by atoms with Crippen molar-refractivity contribution in [1.29, 1.82) is 0 Å². The molecule has 3 aromatic rings. The van der Waals surface area contributed by atoms with Gasteiger partial charge < -0.3 is 4.52 Å². The van der Waals surface area contributed by atoms with Crippen molar-refractivity contribution in [2.24, 2.45) is 0 Å². The third-order valence-corrected chi connectivity index (χ3v) is 5.22. The van der Waals surface area contributed by atoms with Crippen molar-refractivity contribution in [3.63, 3.8) is 0 Å². The van der Waals surface area contributed by atoms with Crippen LogP contribution in [0.4, 0.5) is 0 Å². The highest BCUT2D eigenvalue weighted by atomic mass is 32.2. The second kappa shape index (κ2) is 8.49. The van der Waals surface area contributed by atoms with E-state index in [1.54, 1.807) is 4.57 Å². The molecule has 0 fully saturated rings. The Morgan fingerprint density at radius 3 is 2.77 bits per heavy atom. The summed E-state index contributed by atoms with van der Waals surface area (Å²) < 4.78 is 7.16. The first-order valence-electron chi connectivity index (χ1n) is 9.12. The van der Waals surface area contributed by atoms with Crippen LogP contribution in [0.2, 0.25) is 0 Å². The molecule has 0 aliphatic heterocycles. The summed E-state index contributed by atoms with van der Waals surface area (Å²) in [5.74, 6) is 1.32. The first kappa shape index (κ1) is 18.6. The lowest BCUT2D eigenvalue weighted by Crippen LogP contribution is -2.23. The largest absolute Gasteiger partial charge is 0.338 e. The molecule has 2 heterocycles. The lowest BCUT2D eigenvalue weighted by atomic mass is 10.2. The number of nitrogens with zero attached hydrogens (tertiary/aromatic N) is 4. The van der Waals surface area contributed by atoms with Crippen molar-refractivity contribution >= 4 is 22.7 Å². The summed E-state index contributed by atoms with van der Waals surface area (Å²) in [6.45, 7) is 6.83. The second-order valence-corrected chi connectivity index (χ2v) is 7.59. The number of hydrogen-bond donors (Lipinski definition) is 0.